The number of H-pyrrole nitrogens is 1. The van der Waals surface area contributed by atoms with Gasteiger partial charge in [-0.25, -0.2) is 4.98 Å². The normalized spacial score (nSPS) is 12.0. The van der Waals surface area contributed by atoms with Gasteiger partial charge in [0, 0.05) is 5.41 Å². The number of imidazole rings is 1. The first-order valence-corrected chi connectivity index (χ1v) is 3.69. The second kappa shape index (κ2) is 2.66. The maximum Gasteiger partial charge on any atom is 0.111 e. The molecule has 11 heavy (non-hydrogen) atoms. The summed E-state index contributed by atoms with van der Waals surface area (Å²) in [6.07, 6.45) is 1.67. The van der Waals surface area contributed by atoms with E-state index < -0.39 is 0 Å². The first-order valence-electron chi connectivity index (χ1n) is 3.69. The van der Waals surface area contributed by atoms with Crippen molar-refractivity contribution >= 4 is 0 Å². The van der Waals surface area contributed by atoms with Gasteiger partial charge in [-0.1, -0.05) is 20.8 Å². The summed E-state index contributed by atoms with van der Waals surface area (Å²) in [4.78, 5) is 7.18. The number of aliphatic hydroxyl groups excluding tert-OH is 1. The van der Waals surface area contributed by atoms with Gasteiger partial charge in [-0.05, 0) is 0 Å². The Morgan fingerprint density at radius 3 is 2.45 bits per heavy atom. The maximum atomic E-state index is 8.75. The molecule has 1 aromatic heterocycles. The fourth-order valence-electron chi connectivity index (χ4n) is 0.821. The lowest BCUT2D eigenvalue weighted by Gasteiger charge is -2.13. The maximum absolute atomic E-state index is 8.75. The molecule has 2 N–H and O–H groups in total. The average molecular weight is 154 g/mol. The van der Waals surface area contributed by atoms with Gasteiger partial charge in [-0.15, -0.1) is 0 Å². The largest absolute Gasteiger partial charge is 0.390 e. The van der Waals surface area contributed by atoms with Gasteiger partial charge in [0.25, 0.3) is 0 Å². The standard InChI is InChI=1S/C8H14N2O/c1-8(2,3)7-9-4-6(5-11)10-7/h4,11H,5H2,1-3H3,(H,9,10). The molecular weight excluding hydrogens is 140 g/mol. The number of aromatic amines is 1. The Morgan fingerprint density at radius 1 is 1.55 bits per heavy atom. The van der Waals surface area contributed by atoms with Crippen LogP contribution in [0.25, 0.3) is 0 Å². The monoisotopic (exact) mass is 154 g/mol. The highest BCUT2D eigenvalue weighted by molar-refractivity contribution is 5.07. The summed E-state index contributed by atoms with van der Waals surface area (Å²) in [7, 11) is 0. The molecular formula is C8H14N2O. The minimum Gasteiger partial charge on any atom is -0.390 e. The number of aliphatic hydroxyl groups is 1. The molecule has 3 nitrogen and oxygen atoms in total. The van der Waals surface area contributed by atoms with Crippen molar-refractivity contribution in [3.8, 4) is 0 Å². The van der Waals surface area contributed by atoms with Crippen molar-refractivity contribution in [2.75, 3.05) is 0 Å². The van der Waals surface area contributed by atoms with Crippen LogP contribution in [0.5, 0.6) is 0 Å². The summed E-state index contributed by atoms with van der Waals surface area (Å²) in [5.41, 5.74) is 0.808. The minimum absolute atomic E-state index is 0.0308. The van der Waals surface area contributed by atoms with Crippen molar-refractivity contribution in [2.45, 2.75) is 32.8 Å². The Kier molecular flexibility index (Phi) is 2.00. The van der Waals surface area contributed by atoms with Crippen LogP contribution in [-0.4, -0.2) is 15.1 Å². The van der Waals surface area contributed by atoms with Gasteiger partial charge in [0.05, 0.1) is 18.5 Å². The highest BCUT2D eigenvalue weighted by Crippen LogP contribution is 2.17. The summed E-state index contributed by atoms with van der Waals surface area (Å²) in [6.45, 7) is 6.26. The molecule has 0 atom stereocenters. The van der Waals surface area contributed by atoms with Crippen molar-refractivity contribution in [1.82, 2.24) is 9.97 Å². The first kappa shape index (κ1) is 8.27. The smallest absolute Gasteiger partial charge is 0.111 e. The number of hydrogen-bond acceptors (Lipinski definition) is 2. The number of nitrogens with one attached hydrogen (secondary N) is 1. The third-order valence-corrected chi connectivity index (χ3v) is 1.51. The molecule has 1 heterocycles. The molecule has 1 aromatic rings. The summed E-state index contributed by atoms with van der Waals surface area (Å²) in [5, 5.41) is 8.75. The number of rotatable bonds is 1. The van der Waals surface area contributed by atoms with E-state index in [0.29, 0.717) is 0 Å². The van der Waals surface area contributed by atoms with E-state index in [1.807, 2.05) is 0 Å². The Morgan fingerprint density at radius 2 is 2.18 bits per heavy atom. The van der Waals surface area contributed by atoms with Crippen LogP contribution in [0.15, 0.2) is 6.20 Å². The second-order valence-corrected chi connectivity index (χ2v) is 3.67. The van der Waals surface area contributed by atoms with Crippen LogP contribution in [0.1, 0.15) is 32.3 Å². The summed E-state index contributed by atoms with van der Waals surface area (Å²) in [6, 6.07) is 0. The molecule has 0 aromatic carbocycles. The number of aromatic nitrogens is 2. The Balaban J connectivity index is 2.89. The fourth-order valence-corrected chi connectivity index (χ4v) is 0.821. The summed E-state index contributed by atoms with van der Waals surface area (Å²) < 4.78 is 0. The molecule has 0 aliphatic heterocycles. The van der Waals surface area contributed by atoms with Crippen LogP contribution >= 0.6 is 0 Å². The summed E-state index contributed by atoms with van der Waals surface area (Å²) in [5.74, 6) is 0.918. The molecule has 0 amide bonds. The Labute approximate surface area is 66.5 Å². The van der Waals surface area contributed by atoms with E-state index in [1.54, 1.807) is 6.20 Å². The second-order valence-electron chi connectivity index (χ2n) is 3.67. The Hall–Kier alpha value is -0.830. The zero-order valence-electron chi connectivity index (χ0n) is 7.18. The SMILES string of the molecule is CC(C)(C)c1ncc(CO)[nH]1. The third-order valence-electron chi connectivity index (χ3n) is 1.51. The number of nitrogens with zero attached hydrogens (tertiary/aromatic N) is 1. The van der Waals surface area contributed by atoms with Gasteiger partial charge in [-0.2, -0.15) is 0 Å². The van der Waals surface area contributed by atoms with E-state index in [-0.39, 0.29) is 12.0 Å². The molecule has 0 radical (unpaired) electrons. The van der Waals surface area contributed by atoms with E-state index >= 15 is 0 Å². The van der Waals surface area contributed by atoms with E-state index in [0.717, 1.165) is 11.5 Å². The quantitative estimate of drug-likeness (QED) is 0.638. The van der Waals surface area contributed by atoms with Gasteiger partial charge in [-0.3, -0.25) is 0 Å². The van der Waals surface area contributed by atoms with Crippen LogP contribution in [0.4, 0.5) is 0 Å². The van der Waals surface area contributed by atoms with E-state index in [2.05, 4.69) is 30.7 Å². The lowest BCUT2D eigenvalue weighted by molar-refractivity contribution is 0.277. The van der Waals surface area contributed by atoms with Crippen molar-refractivity contribution in [3.63, 3.8) is 0 Å². The zero-order valence-corrected chi connectivity index (χ0v) is 7.18. The molecule has 0 spiro atoms. The lowest BCUT2D eigenvalue weighted by Crippen LogP contribution is -2.13. The van der Waals surface area contributed by atoms with E-state index in [4.69, 9.17) is 5.11 Å². The lowest BCUT2D eigenvalue weighted by atomic mass is 9.96. The molecule has 0 bridgehead atoms. The molecule has 62 valence electrons. The van der Waals surface area contributed by atoms with Gasteiger partial charge in [0.1, 0.15) is 5.82 Å². The van der Waals surface area contributed by atoms with Crippen LogP contribution in [-0.2, 0) is 12.0 Å². The predicted octanol–water partition coefficient (Wildman–Crippen LogP) is 1.20. The van der Waals surface area contributed by atoms with Gasteiger partial charge in [0.15, 0.2) is 0 Å². The van der Waals surface area contributed by atoms with Crippen LogP contribution < -0.4 is 0 Å². The van der Waals surface area contributed by atoms with Crippen LogP contribution in [0, 0.1) is 0 Å². The van der Waals surface area contributed by atoms with Crippen molar-refractivity contribution in [3.05, 3.63) is 17.7 Å². The molecule has 0 saturated heterocycles. The Bertz CT molecular complexity index is 234. The van der Waals surface area contributed by atoms with Crippen LogP contribution in [0.3, 0.4) is 0 Å². The number of hydrogen-bond donors (Lipinski definition) is 2. The van der Waals surface area contributed by atoms with Gasteiger partial charge < -0.3 is 10.1 Å². The summed E-state index contributed by atoms with van der Waals surface area (Å²) >= 11 is 0. The molecule has 0 aliphatic rings. The van der Waals surface area contributed by atoms with Crippen molar-refractivity contribution in [1.29, 1.82) is 0 Å². The molecule has 0 saturated carbocycles. The van der Waals surface area contributed by atoms with Crippen LogP contribution in [0.2, 0.25) is 0 Å². The molecule has 1 rings (SSSR count). The highest BCUT2D eigenvalue weighted by atomic mass is 16.3. The van der Waals surface area contributed by atoms with E-state index in [9.17, 15) is 0 Å². The minimum atomic E-state index is 0.0308. The highest BCUT2D eigenvalue weighted by Gasteiger charge is 2.16. The van der Waals surface area contributed by atoms with Gasteiger partial charge in [0.2, 0.25) is 0 Å². The molecule has 0 aliphatic carbocycles. The third kappa shape index (κ3) is 1.80. The average Bonchev–Trinajstić information content (AvgIpc) is 2.32. The molecule has 0 unspecified atom stereocenters. The van der Waals surface area contributed by atoms with Gasteiger partial charge >= 0.3 is 0 Å². The van der Waals surface area contributed by atoms with E-state index in [1.165, 1.54) is 0 Å². The van der Waals surface area contributed by atoms with Crippen molar-refractivity contribution < 1.29 is 5.11 Å². The molecule has 0 fully saturated rings. The molecule has 3 heteroatoms. The fraction of sp³-hybridized carbons (Fsp3) is 0.625. The van der Waals surface area contributed by atoms with Crippen molar-refractivity contribution in [2.24, 2.45) is 0 Å². The topological polar surface area (TPSA) is 48.9 Å². The predicted molar refractivity (Wildman–Crippen MR) is 43.2 cm³/mol. The first-order chi connectivity index (χ1) is 5.04. The zero-order chi connectivity index (χ0) is 8.48.